The number of hydrogen-bond donors (Lipinski definition) is 3. The van der Waals surface area contributed by atoms with Crippen LogP contribution in [0.15, 0.2) is 12.4 Å². The van der Waals surface area contributed by atoms with Crippen LogP contribution in [-0.4, -0.2) is 63.9 Å². The van der Waals surface area contributed by atoms with Crippen molar-refractivity contribution in [3.05, 3.63) is 23.8 Å². The first-order valence-electron chi connectivity index (χ1n) is 15.0. The Bertz CT molecular complexity index is 1170. The van der Waals surface area contributed by atoms with Gasteiger partial charge in [-0.15, -0.1) is 5.10 Å². The first-order valence-corrected chi connectivity index (χ1v) is 15.0. The molecule has 11 heteroatoms. The Hall–Kier alpha value is -2.79. The predicted octanol–water partition coefficient (Wildman–Crippen LogP) is 3.92. The van der Waals surface area contributed by atoms with E-state index in [2.05, 4.69) is 20.7 Å². The van der Waals surface area contributed by atoms with Gasteiger partial charge in [-0.05, 0) is 44.9 Å². The van der Waals surface area contributed by atoms with Gasteiger partial charge in [-0.3, -0.25) is 9.59 Å². The van der Waals surface area contributed by atoms with E-state index in [1.54, 1.807) is 0 Å². The summed E-state index contributed by atoms with van der Waals surface area (Å²) in [5.74, 6) is -1.19. The van der Waals surface area contributed by atoms with Gasteiger partial charge in [0.2, 0.25) is 0 Å². The number of esters is 1. The Balaban J connectivity index is 1.33. The largest absolute Gasteiger partial charge is 0.469 e. The number of carbonyl (C=O) groups excluding carboxylic acids is 2. The summed E-state index contributed by atoms with van der Waals surface area (Å²) < 4.78 is 26.6. The molecule has 3 heterocycles. The molecule has 2 unspecified atom stereocenters. The second-order valence-electron chi connectivity index (χ2n) is 11.9. The van der Waals surface area contributed by atoms with E-state index >= 15 is 0 Å². The summed E-state index contributed by atoms with van der Waals surface area (Å²) in [7, 11) is 1.44. The standard InChI is InChI=1S/C29H43FN6O4/c1-39-28(38)19-9-11-21(12-10-19)40-23-15-29(13-7-5-3-2-4-6-8-14-29)33-17-22(23)34-27(37)24-25(31)35-36-18-20(30)16-32-26(24)36/h16,18-19,21-23,33H,2-15,17H2,1H3,(H2,31,35)(H,34,37). The summed E-state index contributed by atoms with van der Waals surface area (Å²) in [6, 6.07) is -0.290. The Morgan fingerprint density at radius 3 is 2.45 bits per heavy atom. The molecule has 5 rings (SSSR count). The number of amides is 1. The van der Waals surface area contributed by atoms with Crippen LogP contribution < -0.4 is 16.4 Å². The van der Waals surface area contributed by atoms with E-state index in [1.165, 1.54) is 56.6 Å². The number of halogens is 1. The number of methoxy groups -OCH3 is 1. The average Bonchev–Trinajstić information content (AvgIpc) is 3.28. The molecular weight excluding hydrogens is 515 g/mol. The third-order valence-corrected chi connectivity index (χ3v) is 9.14. The minimum atomic E-state index is -0.565. The van der Waals surface area contributed by atoms with Crippen molar-refractivity contribution in [1.29, 1.82) is 0 Å². The highest BCUT2D eigenvalue weighted by Gasteiger charge is 2.43. The number of aromatic nitrogens is 3. The van der Waals surface area contributed by atoms with Crippen LogP contribution in [0.5, 0.6) is 0 Å². The maximum atomic E-state index is 13.7. The number of anilines is 1. The van der Waals surface area contributed by atoms with Gasteiger partial charge < -0.3 is 25.8 Å². The minimum absolute atomic E-state index is 0.00164. The zero-order valence-electron chi connectivity index (χ0n) is 23.5. The number of ether oxygens (including phenoxy) is 2. The van der Waals surface area contributed by atoms with Crippen molar-refractivity contribution in [2.45, 2.75) is 114 Å². The molecule has 4 N–H and O–H groups in total. The molecule has 3 fully saturated rings. The van der Waals surface area contributed by atoms with E-state index in [1.807, 2.05) is 0 Å². The second kappa shape index (κ2) is 12.8. The number of nitrogens with one attached hydrogen (secondary N) is 2. The third-order valence-electron chi connectivity index (χ3n) is 9.14. The Labute approximate surface area is 234 Å². The van der Waals surface area contributed by atoms with Gasteiger partial charge >= 0.3 is 5.97 Å². The number of nitrogen functional groups attached to an aromatic ring is 1. The summed E-state index contributed by atoms with van der Waals surface area (Å²) in [6.45, 7) is 0.578. The molecule has 1 saturated heterocycles. The molecule has 2 aromatic rings. The van der Waals surface area contributed by atoms with Crippen LogP contribution in [0, 0.1) is 11.7 Å². The van der Waals surface area contributed by atoms with E-state index < -0.39 is 11.7 Å². The lowest BCUT2D eigenvalue weighted by atomic mass is 9.76. The quantitative estimate of drug-likeness (QED) is 0.471. The number of rotatable bonds is 5. The van der Waals surface area contributed by atoms with Gasteiger partial charge in [0.15, 0.2) is 17.3 Å². The third kappa shape index (κ3) is 6.57. The summed E-state index contributed by atoms with van der Waals surface area (Å²) in [5, 5.41) is 11.1. The van der Waals surface area contributed by atoms with Crippen molar-refractivity contribution in [1.82, 2.24) is 25.2 Å². The second-order valence-corrected chi connectivity index (χ2v) is 11.9. The summed E-state index contributed by atoms with van der Waals surface area (Å²) >= 11 is 0. The summed E-state index contributed by atoms with van der Waals surface area (Å²) in [5.41, 5.74) is 6.40. The fourth-order valence-corrected chi connectivity index (χ4v) is 6.90. The monoisotopic (exact) mass is 558 g/mol. The van der Waals surface area contributed by atoms with Crippen LogP contribution in [0.25, 0.3) is 5.65 Å². The molecule has 10 nitrogen and oxygen atoms in total. The number of carbonyl (C=O) groups is 2. The number of piperidine rings is 1. The minimum Gasteiger partial charge on any atom is -0.469 e. The maximum absolute atomic E-state index is 13.7. The molecule has 0 radical (unpaired) electrons. The van der Waals surface area contributed by atoms with Gasteiger partial charge in [0.1, 0.15) is 5.56 Å². The van der Waals surface area contributed by atoms with Gasteiger partial charge in [-0.1, -0.05) is 44.9 Å². The molecule has 2 aromatic heterocycles. The molecule has 0 aromatic carbocycles. The van der Waals surface area contributed by atoms with Crippen LogP contribution in [0.4, 0.5) is 10.2 Å². The van der Waals surface area contributed by atoms with Crippen LogP contribution >= 0.6 is 0 Å². The Kier molecular flexibility index (Phi) is 9.20. The van der Waals surface area contributed by atoms with E-state index in [0.29, 0.717) is 6.54 Å². The predicted molar refractivity (Wildman–Crippen MR) is 148 cm³/mol. The number of nitrogens with two attached hydrogens (primary N) is 1. The average molecular weight is 559 g/mol. The highest BCUT2D eigenvalue weighted by Crippen LogP contribution is 2.36. The SMILES string of the molecule is COC(=O)C1CCC(OC2CC3(CCCCCCCCC3)NCC2NC(=O)c2c(N)nn3cc(F)cnc23)CC1. The fourth-order valence-electron chi connectivity index (χ4n) is 6.90. The van der Waals surface area contributed by atoms with Crippen molar-refractivity contribution in [2.24, 2.45) is 5.92 Å². The number of hydrogen-bond acceptors (Lipinski definition) is 8. The van der Waals surface area contributed by atoms with E-state index in [0.717, 1.165) is 57.3 Å². The zero-order valence-corrected chi connectivity index (χ0v) is 23.5. The molecule has 1 aliphatic heterocycles. The molecule has 40 heavy (non-hydrogen) atoms. The number of nitrogens with zero attached hydrogens (tertiary/aromatic N) is 3. The van der Waals surface area contributed by atoms with Crippen molar-refractivity contribution < 1.29 is 23.5 Å². The lowest BCUT2D eigenvalue weighted by molar-refractivity contribution is -0.148. The molecule has 2 saturated carbocycles. The van der Waals surface area contributed by atoms with Crippen LogP contribution in [-0.2, 0) is 14.3 Å². The van der Waals surface area contributed by atoms with E-state index in [-0.39, 0.29) is 52.7 Å². The molecule has 1 amide bonds. The topological polar surface area (TPSA) is 133 Å². The van der Waals surface area contributed by atoms with Crippen molar-refractivity contribution in [3.8, 4) is 0 Å². The van der Waals surface area contributed by atoms with Gasteiger partial charge in [-0.2, -0.15) is 0 Å². The first kappa shape index (κ1) is 28.7. The zero-order chi connectivity index (χ0) is 28.1. The van der Waals surface area contributed by atoms with Gasteiger partial charge in [0.05, 0.1) is 43.7 Å². The Morgan fingerprint density at radius 1 is 1.10 bits per heavy atom. The van der Waals surface area contributed by atoms with Crippen molar-refractivity contribution in [2.75, 3.05) is 19.4 Å². The maximum Gasteiger partial charge on any atom is 0.308 e. The molecule has 3 aliphatic rings. The normalized spacial score (nSPS) is 27.8. The van der Waals surface area contributed by atoms with Crippen molar-refractivity contribution in [3.63, 3.8) is 0 Å². The molecular formula is C29H43FN6O4. The van der Waals surface area contributed by atoms with Crippen LogP contribution in [0.3, 0.4) is 0 Å². The van der Waals surface area contributed by atoms with Gasteiger partial charge in [-0.25, -0.2) is 13.9 Å². The Morgan fingerprint density at radius 2 is 1.77 bits per heavy atom. The molecule has 2 aliphatic carbocycles. The first-order chi connectivity index (χ1) is 19.4. The molecule has 1 spiro atoms. The number of fused-ring (bicyclic) bond motifs is 1. The molecule has 220 valence electrons. The summed E-state index contributed by atoms with van der Waals surface area (Å²) in [4.78, 5) is 29.6. The van der Waals surface area contributed by atoms with E-state index in [9.17, 15) is 14.0 Å². The highest BCUT2D eigenvalue weighted by molar-refractivity contribution is 6.04. The smallest absolute Gasteiger partial charge is 0.308 e. The van der Waals surface area contributed by atoms with Gasteiger partial charge in [0.25, 0.3) is 5.91 Å². The van der Waals surface area contributed by atoms with Crippen molar-refractivity contribution >= 4 is 23.3 Å². The lowest BCUT2D eigenvalue weighted by Crippen LogP contribution is -2.64. The fraction of sp³-hybridized carbons (Fsp3) is 0.724. The van der Waals surface area contributed by atoms with E-state index in [4.69, 9.17) is 15.2 Å². The van der Waals surface area contributed by atoms with Crippen LogP contribution in [0.1, 0.15) is 100 Å². The lowest BCUT2D eigenvalue weighted by Gasteiger charge is -2.47. The highest BCUT2D eigenvalue weighted by atomic mass is 19.1. The molecule has 2 atom stereocenters. The van der Waals surface area contributed by atoms with Gasteiger partial charge in [0, 0.05) is 12.1 Å². The summed E-state index contributed by atoms with van der Waals surface area (Å²) in [6.07, 6.45) is 16.8. The van der Waals surface area contributed by atoms with Crippen LogP contribution in [0.2, 0.25) is 0 Å². The molecule has 0 bridgehead atoms.